The zero-order valence-corrected chi connectivity index (χ0v) is 15.1. The lowest BCUT2D eigenvalue weighted by Gasteiger charge is -2.34. The number of likely N-dealkylation sites (tertiary alicyclic amines) is 1. The van der Waals surface area contributed by atoms with Crippen molar-refractivity contribution >= 4 is 23.2 Å². The first-order valence-electron chi connectivity index (χ1n) is 8.45. The fraction of sp³-hybridized carbons (Fsp3) is 0.368. The summed E-state index contributed by atoms with van der Waals surface area (Å²) in [5, 5.41) is 4.85. The van der Waals surface area contributed by atoms with Gasteiger partial charge >= 0.3 is 0 Å². The van der Waals surface area contributed by atoms with E-state index in [9.17, 15) is 9.59 Å². The van der Waals surface area contributed by atoms with Crippen molar-refractivity contribution in [3.05, 3.63) is 52.2 Å². The molecular formula is C19H22N2O3S. The number of thiophene rings is 1. The van der Waals surface area contributed by atoms with Gasteiger partial charge in [-0.25, -0.2) is 0 Å². The summed E-state index contributed by atoms with van der Waals surface area (Å²) >= 11 is 1.41. The van der Waals surface area contributed by atoms with Gasteiger partial charge in [0, 0.05) is 18.7 Å². The van der Waals surface area contributed by atoms with Crippen LogP contribution >= 0.6 is 11.3 Å². The Bertz CT molecular complexity index is 730. The number of benzene rings is 1. The molecule has 1 aliphatic rings. The van der Waals surface area contributed by atoms with Crippen molar-refractivity contribution in [2.75, 3.05) is 13.7 Å². The molecule has 1 N–H and O–H groups in total. The molecule has 5 nitrogen and oxygen atoms in total. The highest BCUT2D eigenvalue weighted by Gasteiger charge is 2.32. The molecule has 1 unspecified atom stereocenters. The molecule has 3 rings (SSSR count). The van der Waals surface area contributed by atoms with Crippen LogP contribution in [0.3, 0.4) is 0 Å². The van der Waals surface area contributed by atoms with E-state index >= 15 is 0 Å². The second kappa shape index (κ2) is 8.16. The standard InChI is InChI=1S/C19H22N2O3S/c1-24-16-9-3-2-7-14(16)13-20-18(22)15-8-4-5-11-21(15)19(23)17-10-6-12-25-17/h2-3,6-7,9-10,12,15H,4-5,8,11,13H2,1H3,(H,20,22). The van der Waals surface area contributed by atoms with E-state index in [0.717, 1.165) is 24.2 Å². The summed E-state index contributed by atoms with van der Waals surface area (Å²) in [4.78, 5) is 27.8. The van der Waals surface area contributed by atoms with Gasteiger partial charge in [-0.15, -0.1) is 11.3 Å². The molecule has 132 valence electrons. The minimum atomic E-state index is -0.405. The first-order chi connectivity index (χ1) is 12.2. The number of carbonyl (C=O) groups is 2. The smallest absolute Gasteiger partial charge is 0.264 e. The van der Waals surface area contributed by atoms with Crippen LogP contribution in [0.4, 0.5) is 0 Å². The van der Waals surface area contributed by atoms with E-state index in [2.05, 4.69) is 5.32 Å². The number of carbonyl (C=O) groups excluding carboxylic acids is 2. The van der Waals surface area contributed by atoms with Crippen molar-refractivity contribution < 1.29 is 14.3 Å². The van der Waals surface area contributed by atoms with Crippen molar-refractivity contribution in [1.29, 1.82) is 0 Å². The van der Waals surface area contributed by atoms with Gasteiger partial charge in [0.05, 0.1) is 12.0 Å². The highest BCUT2D eigenvalue weighted by atomic mass is 32.1. The Balaban J connectivity index is 1.67. The van der Waals surface area contributed by atoms with Gasteiger partial charge in [-0.1, -0.05) is 24.3 Å². The summed E-state index contributed by atoms with van der Waals surface area (Å²) in [5.41, 5.74) is 0.922. The van der Waals surface area contributed by atoms with Crippen molar-refractivity contribution in [1.82, 2.24) is 10.2 Å². The molecule has 2 amide bonds. The van der Waals surface area contributed by atoms with E-state index in [0.29, 0.717) is 24.4 Å². The largest absolute Gasteiger partial charge is 0.496 e. The predicted molar refractivity (Wildman–Crippen MR) is 97.8 cm³/mol. The first-order valence-corrected chi connectivity index (χ1v) is 9.32. The molecule has 1 atom stereocenters. The van der Waals surface area contributed by atoms with E-state index in [1.54, 1.807) is 12.0 Å². The molecule has 1 aromatic carbocycles. The Morgan fingerprint density at radius 1 is 1.24 bits per heavy atom. The van der Waals surface area contributed by atoms with Gasteiger partial charge in [0.25, 0.3) is 5.91 Å². The molecule has 6 heteroatoms. The number of nitrogens with one attached hydrogen (secondary N) is 1. The summed E-state index contributed by atoms with van der Waals surface area (Å²) in [6.45, 7) is 1.02. The van der Waals surface area contributed by atoms with Gasteiger partial charge in [0.1, 0.15) is 11.8 Å². The third kappa shape index (κ3) is 4.02. The van der Waals surface area contributed by atoms with Crippen LogP contribution in [-0.2, 0) is 11.3 Å². The Morgan fingerprint density at radius 3 is 2.84 bits per heavy atom. The maximum atomic E-state index is 12.7. The predicted octanol–water partition coefficient (Wildman–Crippen LogP) is 3.07. The summed E-state index contributed by atoms with van der Waals surface area (Å²) in [7, 11) is 1.61. The van der Waals surface area contributed by atoms with Crippen molar-refractivity contribution in [3.63, 3.8) is 0 Å². The lowest BCUT2D eigenvalue weighted by atomic mass is 10.0. The molecule has 1 fully saturated rings. The summed E-state index contributed by atoms with van der Waals surface area (Å²) < 4.78 is 5.32. The molecule has 0 radical (unpaired) electrons. The molecule has 1 saturated heterocycles. The molecule has 1 aliphatic heterocycles. The van der Waals surface area contributed by atoms with Crippen molar-refractivity contribution in [3.8, 4) is 5.75 Å². The van der Waals surface area contributed by atoms with Crippen LogP contribution < -0.4 is 10.1 Å². The van der Waals surface area contributed by atoms with E-state index < -0.39 is 6.04 Å². The van der Waals surface area contributed by atoms with Crippen LogP contribution in [0.5, 0.6) is 5.75 Å². The van der Waals surface area contributed by atoms with Crippen LogP contribution in [0.2, 0.25) is 0 Å². The Labute approximate surface area is 151 Å². The van der Waals surface area contributed by atoms with Crippen LogP contribution in [-0.4, -0.2) is 36.4 Å². The van der Waals surface area contributed by atoms with Gasteiger partial charge in [0.15, 0.2) is 0 Å². The summed E-state index contributed by atoms with van der Waals surface area (Å²) in [6.07, 6.45) is 2.60. The molecule has 0 bridgehead atoms. The number of hydrogen-bond donors (Lipinski definition) is 1. The number of ether oxygens (including phenoxy) is 1. The number of para-hydroxylation sites is 1. The van der Waals surface area contributed by atoms with Gasteiger partial charge in [-0.3, -0.25) is 9.59 Å². The monoisotopic (exact) mass is 358 g/mol. The second-order valence-electron chi connectivity index (χ2n) is 6.02. The third-order valence-corrected chi connectivity index (χ3v) is 5.30. The van der Waals surface area contributed by atoms with Crippen LogP contribution in [0.15, 0.2) is 41.8 Å². The topological polar surface area (TPSA) is 58.6 Å². The van der Waals surface area contributed by atoms with E-state index in [4.69, 9.17) is 4.74 Å². The zero-order valence-electron chi connectivity index (χ0n) is 14.2. The average Bonchev–Trinajstić information content (AvgIpc) is 3.20. The molecule has 0 saturated carbocycles. The van der Waals surface area contributed by atoms with E-state index in [1.807, 2.05) is 41.8 Å². The number of methoxy groups -OCH3 is 1. The van der Waals surface area contributed by atoms with Gasteiger partial charge in [0.2, 0.25) is 5.91 Å². The molecule has 0 spiro atoms. The highest BCUT2D eigenvalue weighted by Crippen LogP contribution is 2.22. The summed E-state index contributed by atoms with van der Waals surface area (Å²) in [6, 6.07) is 10.9. The van der Waals surface area contributed by atoms with Crippen molar-refractivity contribution in [2.24, 2.45) is 0 Å². The highest BCUT2D eigenvalue weighted by molar-refractivity contribution is 7.12. The molecule has 0 aliphatic carbocycles. The second-order valence-corrected chi connectivity index (χ2v) is 6.96. The van der Waals surface area contributed by atoms with E-state index in [1.165, 1.54) is 11.3 Å². The molecule has 1 aromatic heterocycles. The average molecular weight is 358 g/mol. The Kier molecular flexibility index (Phi) is 5.71. The Hall–Kier alpha value is -2.34. The number of amides is 2. The quantitative estimate of drug-likeness (QED) is 0.894. The van der Waals surface area contributed by atoms with E-state index in [-0.39, 0.29) is 11.8 Å². The normalized spacial score (nSPS) is 17.2. The lowest BCUT2D eigenvalue weighted by molar-refractivity contribution is -0.126. The lowest BCUT2D eigenvalue weighted by Crippen LogP contribution is -2.51. The van der Waals surface area contributed by atoms with Crippen LogP contribution in [0, 0.1) is 0 Å². The SMILES string of the molecule is COc1ccccc1CNC(=O)C1CCCCN1C(=O)c1cccs1. The van der Waals surface area contributed by atoms with Gasteiger partial charge in [-0.2, -0.15) is 0 Å². The van der Waals surface area contributed by atoms with Gasteiger partial charge in [-0.05, 0) is 36.8 Å². The third-order valence-electron chi connectivity index (χ3n) is 4.44. The minimum Gasteiger partial charge on any atom is -0.496 e. The zero-order chi connectivity index (χ0) is 17.6. The molecule has 2 aromatic rings. The molecule has 25 heavy (non-hydrogen) atoms. The summed E-state index contributed by atoms with van der Waals surface area (Å²) in [5.74, 6) is 0.598. The minimum absolute atomic E-state index is 0.0489. The number of rotatable bonds is 5. The molecule has 2 heterocycles. The first kappa shape index (κ1) is 17.5. The van der Waals surface area contributed by atoms with Crippen LogP contribution in [0.1, 0.15) is 34.5 Å². The van der Waals surface area contributed by atoms with Crippen molar-refractivity contribution in [2.45, 2.75) is 31.8 Å². The number of hydrogen-bond acceptors (Lipinski definition) is 4. The number of nitrogens with zero attached hydrogens (tertiary/aromatic N) is 1. The van der Waals surface area contributed by atoms with Gasteiger partial charge < -0.3 is 15.0 Å². The fourth-order valence-corrected chi connectivity index (χ4v) is 3.82. The number of piperidine rings is 1. The Morgan fingerprint density at radius 2 is 2.08 bits per heavy atom. The maximum Gasteiger partial charge on any atom is 0.264 e. The fourth-order valence-electron chi connectivity index (χ4n) is 3.14. The molecular weight excluding hydrogens is 336 g/mol. The van der Waals surface area contributed by atoms with Crippen LogP contribution in [0.25, 0.3) is 0 Å². The maximum absolute atomic E-state index is 12.7.